The molecule has 0 saturated carbocycles. The van der Waals surface area contributed by atoms with E-state index in [0.717, 1.165) is 16.8 Å². The maximum Gasteiger partial charge on any atom is 0.319 e. The second kappa shape index (κ2) is 5.83. The van der Waals surface area contributed by atoms with Crippen molar-refractivity contribution in [2.45, 2.75) is 20.3 Å². The van der Waals surface area contributed by atoms with Crippen LogP contribution >= 0.6 is 0 Å². The number of rotatable bonds is 3. The Morgan fingerprint density at radius 2 is 2.10 bits per heavy atom. The highest BCUT2D eigenvalue weighted by Gasteiger charge is 2.27. The van der Waals surface area contributed by atoms with E-state index in [-0.39, 0.29) is 23.5 Å². The van der Waals surface area contributed by atoms with Crippen molar-refractivity contribution in [3.05, 3.63) is 29.3 Å². The van der Waals surface area contributed by atoms with Crippen LogP contribution in [0.2, 0.25) is 0 Å². The Labute approximate surface area is 119 Å². The zero-order valence-electron chi connectivity index (χ0n) is 11.8. The van der Waals surface area contributed by atoms with Crippen molar-refractivity contribution in [1.29, 1.82) is 0 Å². The molecule has 1 aliphatic heterocycles. The maximum absolute atomic E-state index is 11.8. The minimum absolute atomic E-state index is 0.0318. The number of hydrogen-bond acceptors (Lipinski definition) is 3. The Bertz CT molecular complexity index is 611. The van der Waals surface area contributed by atoms with Crippen molar-refractivity contribution in [2.24, 2.45) is 5.92 Å². The molecule has 0 spiro atoms. The minimum atomic E-state index is -2.89. The second-order valence-corrected chi connectivity index (χ2v) is 7.65. The first-order chi connectivity index (χ1) is 9.35. The first kappa shape index (κ1) is 14.8. The SMILES string of the molecule is Cc1ccc(C)c(NC(=O)NCC2CCS(=O)(=O)C2)c1. The van der Waals surface area contributed by atoms with Gasteiger partial charge in [-0.15, -0.1) is 0 Å². The molecule has 1 heterocycles. The van der Waals surface area contributed by atoms with E-state index in [1.807, 2.05) is 32.0 Å². The van der Waals surface area contributed by atoms with Crippen LogP contribution in [0.4, 0.5) is 10.5 Å². The van der Waals surface area contributed by atoms with Crippen LogP contribution in [0, 0.1) is 19.8 Å². The molecule has 1 fully saturated rings. The van der Waals surface area contributed by atoms with E-state index >= 15 is 0 Å². The smallest absolute Gasteiger partial charge is 0.319 e. The standard InChI is InChI=1S/C14H20N2O3S/c1-10-3-4-11(2)13(7-10)16-14(17)15-8-12-5-6-20(18,19)9-12/h3-4,7,12H,5-6,8-9H2,1-2H3,(H2,15,16,17). The zero-order chi connectivity index (χ0) is 14.8. The lowest BCUT2D eigenvalue weighted by atomic mass is 10.1. The van der Waals surface area contributed by atoms with Crippen molar-refractivity contribution in [3.63, 3.8) is 0 Å². The molecule has 1 atom stereocenters. The number of anilines is 1. The van der Waals surface area contributed by atoms with Gasteiger partial charge in [-0.05, 0) is 43.4 Å². The molecule has 0 aliphatic carbocycles. The molecule has 1 aromatic rings. The fraction of sp³-hybridized carbons (Fsp3) is 0.500. The molecule has 0 bridgehead atoms. The summed E-state index contributed by atoms with van der Waals surface area (Å²) in [6.07, 6.45) is 0.631. The van der Waals surface area contributed by atoms with Crippen molar-refractivity contribution in [2.75, 3.05) is 23.4 Å². The molecule has 1 saturated heterocycles. The molecule has 2 N–H and O–H groups in total. The summed E-state index contributed by atoms with van der Waals surface area (Å²) in [6.45, 7) is 4.29. The Balaban J connectivity index is 1.85. The fourth-order valence-corrected chi connectivity index (χ4v) is 4.17. The molecular weight excluding hydrogens is 276 g/mol. The summed E-state index contributed by atoms with van der Waals surface area (Å²) >= 11 is 0. The third-order valence-corrected chi connectivity index (χ3v) is 5.36. The number of amides is 2. The largest absolute Gasteiger partial charge is 0.338 e. The molecule has 5 nitrogen and oxygen atoms in total. The Morgan fingerprint density at radius 3 is 2.75 bits per heavy atom. The van der Waals surface area contributed by atoms with Crippen molar-refractivity contribution < 1.29 is 13.2 Å². The summed E-state index contributed by atoms with van der Waals surface area (Å²) in [5.41, 5.74) is 2.85. The number of urea groups is 1. The van der Waals surface area contributed by atoms with E-state index in [9.17, 15) is 13.2 Å². The van der Waals surface area contributed by atoms with E-state index in [1.165, 1.54) is 0 Å². The van der Waals surface area contributed by atoms with Crippen molar-refractivity contribution >= 4 is 21.6 Å². The number of carbonyl (C=O) groups is 1. The van der Waals surface area contributed by atoms with Gasteiger partial charge in [-0.3, -0.25) is 0 Å². The maximum atomic E-state index is 11.8. The molecule has 2 rings (SSSR count). The minimum Gasteiger partial charge on any atom is -0.338 e. The predicted molar refractivity (Wildman–Crippen MR) is 79.7 cm³/mol. The number of sulfone groups is 1. The van der Waals surface area contributed by atoms with Gasteiger partial charge in [0.05, 0.1) is 11.5 Å². The lowest BCUT2D eigenvalue weighted by Gasteiger charge is -2.12. The first-order valence-corrected chi connectivity index (χ1v) is 8.50. The molecular formula is C14H20N2O3S. The summed E-state index contributed by atoms with van der Waals surface area (Å²) in [6, 6.07) is 5.56. The number of nitrogens with one attached hydrogen (secondary N) is 2. The predicted octanol–water partition coefficient (Wildman–Crippen LogP) is 1.86. The molecule has 0 radical (unpaired) electrons. The average molecular weight is 296 g/mol. The highest BCUT2D eigenvalue weighted by Crippen LogP contribution is 2.18. The zero-order valence-corrected chi connectivity index (χ0v) is 12.6. The van der Waals surface area contributed by atoms with E-state index in [4.69, 9.17) is 0 Å². The summed E-state index contributed by atoms with van der Waals surface area (Å²) in [4.78, 5) is 11.8. The highest BCUT2D eigenvalue weighted by atomic mass is 32.2. The number of aryl methyl sites for hydroxylation is 2. The molecule has 1 unspecified atom stereocenters. The van der Waals surface area contributed by atoms with Gasteiger partial charge in [0.2, 0.25) is 0 Å². The second-order valence-electron chi connectivity index (χ2n) is 5.42. The van der Waals surface area contributed by atoms with Crippen LogP contribution in [0.3, 0.4) is 0 Å². The van der Waals surface area contributed by atoms with E-state index in [0.29, 0.717) is 13.0 Å². The summed E-state index contributed by atoms with van der Waals surface area (Å²) in [5, 5.41) is 5.54. The molecule has 6 heteroatoms. The highest BCUT2D eigenvalue weighted by molar-refractivity contribution is 7.91. The van der Waals surface area contributed by atoms with Gasteiger partial charge in [0, 0.05) is 12.2 Å². The normalized spacial score (nSPS) is 20.6. The van der Waals surface area contributed by atoms with Crippen LogP contribution in [0.5, 0.6) is 0 Å². The molecule has 2 amide bonds. The molecule has 110 valence electrons. The number of hydrogen-bond donors (Lipinski definition) is 2. The molecule has 1 aliphatic rings. The van der Waals surface area contributed by atoms with Gasteiger partial charge in [-0.2, -0.15) is 0 Å². The summed E-state index contributed by atoms with van der Waals surface area (Å²) < 4.78 is 22.7. The lowest BCUT2D eigenvalue weighted by Crippen LogP contribution is -2.33. The van der Waals surface area contributed by atoms with Crippen molar-refractivity contribution in [3.8, 4) is 0 Å². The number of carbonyl (C=O) groups excluding carboxylic acids is 1. The van der Waals surface area contributed by atoms with Gasteiger partial charge in [-0.1, -0.05) is 12.1 Å². The Morgan fingerprint density at radius 1 is 1.35 bits per heavy atom. The van der Waals surface area contributed by atoms with Gasteiger partial charge in [0.15, 0.2) is 9.84 Å². The Kier molecular flexibility index (Phi) is 4.32. The van der Waals surface area contributed by atoms with Crippen LogP contribution in [0.1, 0.15) is 17.5 Å². The van der Waals surface area contributed by atoms with Gasteiger partial charge >= 0.3 is 6.03 Å². The topological polar surface area (TPSA) is 75.3 Å². The number of benzene rings is 1. The van der Waals surface area contributed by atoms with Gasteiger partial charge < -0.3 is 10.6 Å². The van der Waals surface area contributed by atoms with Crippen LogP contribution in [0.15, 0.2) is 18.2 Å². The molecule has 1 aromatic carbocycles. The third-order valence-electron chi connectivity index (χ3n) is 3.52. The lowest BCUT2D eigenvalue weighted by molar-refractivity contribution is 0.250. The summed E-state index contributed by atoms with van der Waals surface area (Å²) in [7, 11) is -2.89. The fourth-order valence-electron chi connectivity index (χ4n) is 2.31. The third kappa shape index (κ3) is 3.96. The molecule has 20 heavy (non-hydrogen) atoms. The average Bonchev–Trinajstić information content (AvgIpc) is 2.71. The molecule has 0 aromatic heterocycles. The van der Waals surface area contributed by atoms with Crippen LogP contribution in [-0.2, 0) is 9.84 Å². The Hall–Kier alpha value is -1.56. The van der Waals surface area contributed by atoms with Gasteiger partial charge in [0.25, 0.3) is 0 Å². The van der Waals surface area contributed by atoms with Gasteiger partial charge in [0.1, 0.15) is 0 Å². The van der Waals surface area contributed by atoms with Crippen LogP contribution in [-0.4, -0.2) is 32.5 Å². The van der Waals surface area contributed by atoms with Crippen molar-refractivity contribution in [1.82, 2.24) is 5.32 Å². The van der Waals surface area contributed by atoms with E-state index < -0.39 is 9.84 Å². The first-order valence-electron chi connectivity index (χ1n) is 6.68. The van der Waals surface area contributed by atoms with Crippen LogP contribution < -0.4 is 10.6 Å². The van der Waals surface area contributed by atoms with Gasteiger partial charge in [-0.25, -0.2) is 13.2 Å². The monoisotopic (exact) mass is 296 g/mol. The van der Waals surface area contributed by atoms with E-state index in [1.54, 1.807) is 0 Å². The summed E-state index contributed by atoms with van der Waals surface area (Å²) in [5.74, 6) is 0.443. The van der Waals surface area contributed by atoms with Crippen LogP contribution in [0.25, 0.3) is 0 Å². The quantitative estimate of drug-likeness (QED) is 0.894. The van der Waals surface area contributed by atoms with E-state index in [2.05, 4.69) is 10.6 Å².